The second-order valence-corrected chi connectivity index (χ2v) is 5.69. The number of carboxylic acids is 1. The van der Waals surface area contributed by atoms with Crippen LogP contribution in [0.5, 0.6) is 11.5 Å². The first-order valence-electron chi connectivity index (χ1n) is 6.83. The molecule has 7 heteroatoms. The summed E-state index contributed by atoms with van der Waals surface area (Å²) in [7, 11) is 3.00. The van der Waals surface area contributed by atoms with Crippen molar-refractivity contribution in [2.75, 3.05) is 14.2 Å². The Balaban J connectivity index is 2.20. The van der Waals surface area contributed by atoms with Gasteiger partial charge in [0, 0.05) is 10.4 Å². The number of methoxy groups -OCH3 is 2. The van der Waals surface area contributed by atoms with Gasteiger partial charge in [0.05, 0.1) is 26.7 Å². The number of rotatable bonds is 7. The van der Waals surface area contributed by atoms with Crippen LogP contribution in [0.4, 0.5) is 0 Å². The van der Waals surface area contributed by atoms with Crippen molar-refractivity contribution in [3.63, 3.8) is 0 Å². The minimum absolute atomic E-state index is 0.181. The van der Waals surface area contributed by atoms with Gasteiger partial charge in [0.25, 0.3) is 5.91 Å². The number of carbonyl (C=O) groups is 2. The second-order valence-electron chi connectivity index (χ2n) is 4.71. The Hall–Kier alpha value is -2.54. The van der Waals surface area contributed by atoms with Crippen LogP contribution in [0.2, 0.25) is 0 Å². The Morgan fingerprint density at radius 1 is 1.22 bits per heavy atom. The molecule has 0 radical (unpaired) electrons. The number of hydrogen-bond acceptors (Lipinski definition) is 5. The molecule has 1 atom stereocenters. The maximum absolute atomic E-state index is 12.4. The van der Waals surface area contributed by atoms with E-state index in [1.54, 1.807) is 24.3 Å². The van der Waals surface area contributed by atoms with Crippen molar-refractivity contribution in [3.05, 3.63) is 46.2 Å². The lowest BCUT2D eigenvalue weighted by Gasteiger charge is -2.16. The van der Waals surface area contributed by atoms with Crippen LogP contribution in [0.15, 0.2) is 35.7 Å². The monoisotopic (exact) mass is 335 g/mol. The van der Waals surface area contributed by atoms with Crippen LogP contribution < -0.4 is 14.8 Å². The zero-order chi connectivity index (χ0) is 16.8. The average Bonchev–Trinajstić information content (AvgIpc) is 3.07. The summed E-state index contributed by atoms with van der Waals surface area (Å²) < 4.78 is 10.3. The average molecular weight is 335 g/mol. The van der Waals surface area contributed by atoms with Gasteiger partial charge in [-0.05, 0) is 29.6 Å². The topological polar surface area (TPSA) is 84.9 Å². The van der Waals surface area contributed by atoms with Crippen molar-refractivity contribution in [3.8, 4) is 11.5 Å². The van der Waals surface area contributed by atoms with Crippen LogP contribution in [0.3, 0.4) is 0 Å². The van der Waals surface area contributed by atoms with Crippen LogP contribution in [0.1, 0.15) is 27.7 Å². The number of benzene rings is 1. The molecule has 0 spiro atoms. The van der Waals surface area contributed by atoms with Gasteiger partial charge in [-0.25, -0.2) is 0 Å². The molecule has 0 saturated carbocycles. The number of thiophene rings is 1. The fourth-order valence-corrected chi connectivity index (χ4v) is 2.88. The van der Waals surface area contributed by atoms with Gasteiger partial charge in [-0.2, -0.15) is 0 Å². The fourth-order valence-electron chi connectivity index (χ4n) is 2.11. The number of carbonyl (C=O) groups excluding carboxylic acids is 1. The van der Waals surface area contributed by atoms with Gasteiger partial charge in [0.2, 0.25) is 0 Å². The number of hydrogen-bond donors (Lipinski definition) is 2. The standard InChI is InChI=1S/C16H17NO5S/c1-21-12-6-5-10(8-13(12)22-2)16(20)17-11(9-15(18)19)14-4-3-7-23-14/h3-8,11H,9H2,1-2H3,(H,17,20)(H,18,19). The van der Waals surface area contributed by atoms with E-state index in [0.29, 0.717) is 17.1 Å². The van der Waals surface area contributed by atoms with E-state index in [9.17, 15) is 9.59 Å². The number of nitrogens with one attached hydrogen (secondary N) is 1. The summed E-state index contributed by atoms with van der Waals surface area (Å²) in [5, 5.41) is 13.6. The molecule has 1 heterocycles. The predicted octanol–water partition coefficient (Wildman–Crippen LogP) is 2.71. The molecule has 23 heavy (non-hydrogen) atoms. The lowest BCUT2D eigenvalue weighted by atomic mass is 10.1. The van der Waals surface area contributed by atoms with Crippen molar-refractivity contribution in [2.45, 2.75) is 12.5 Å². The molecule has 0 aliphatic carbocycles. The highest BCUT2D eigenvalue weighted by molar-refractivity contribution is 7.10. The largest absolute Gasteiger partial charge is 0.493 e. The number of amides is 1. The van der Waals surface area contributed by atoms with Crippen molar-refractivity contribution in [2.24, 2.45) is 0 Å². The summed E-state index contributed by atoms with van der Waals surface area (Å²) in [6.45, 7) is 0. The van der Waals surface area contributed by atoms with Crippen LogP contribution in [-0.2, 0) is 4.79 Å². The minimum atomic E-state index is -0.976. The molecule has 0 aliphatic heterocycles. The second kappa shape index (κ2) is 7.64. The van der Waals surface area contributed by atoms with Crippen LogP contribution in [0.25, 0.3) is 0 Å². The van der Waals surface area contributed by atoms with E-state index in [1.807, 2.05) is 11.4 Å². The Labute approximate surface area is 137 Å². The van der Waals surface area contributed by atoms with E-state index < -0.39 is 12.0 Å². The fraction of sp³-hybridized carbons (Fsp3) is 0.250. The van der Waals surface area contributed by atoms with Gasteiger partial charge in [0.15, 0.2) is 11.5 Å². The molecule has 0 saturated heterocycles. The molecule has 122 valence electrons. The molecule has 1 aromatic carbocycles. The van der Waals surface area contributed by atoms with Gasteiger partial charge in [0.1, 0.15) is 0 Å². The van der Waals surface area contributed by atoms with E-state index in [1.165, 1.54) is 25.6 Å². The molecule has 0 fully saturated rings. The quantitative estimate of drug-likeness (QED) is 0.813. The SMILES string of the molecule is COc1ccc(C(=O)NC(CC(=O)O)c2cccs2)cc1OC. The molecular weight excluding hydrogens is 318 g/mol. The normalized spacial score (nSPS) is 11.6. The summed E-state index contributed by atoms with van der Waals surface area (Å²) in [5.41, 5.74) is 0.370. The summed E-state index contributed by atoms with van der Waals surface area (Å²) in [4.78, 5) is 24.2. The molecule has 0 bridgehead atoms. The van der Waals surface area contributed by atoms with E-state index in [-0.39, 0.29) is 12.3 Å². The van der Waals surface area contributed by atoms with Crippen molar-refractivity contribution >= 4 is 23.2 Å². The Kier molecular flexibility index (Phi) is 5.59. The third-order valence-electron chi connectivity index (χ3n) is 3.22. The first-order valence-corrected chi connectivity index (χ1v) is 7.71. The molecule has 1 unspecified atom stereocenters. The summed E-state index contributed by atoms with van der Waals surface area (Å²) in [5.74, 6) is -0.392. The highest BCUT2D eigenvalue weighted by Crippen LogP contribution is 2.28. The summed E-state index contributed by atoms with van der Waals surface area (Å²) in [6, 6.07) is 7.83. The first-order chi connectivity index (χ1) is 11.0. The summed E-state index contributed by atoms with van der Waals surface area (Å²) in [6.07, 6.45) is -0.181. The van der Waals surface area contributed by atoms with E-state index >= 15 is 0 Å². The number of ether oxygens (including phenoxy) is 2. The van der Waals surface area contributed by atoms with Crippen LogP contribution >= 0.6 is 11.3 Å². The third-order valence-corrected chi connectivity index (χ3v) is 4.20. The Bertz CT molecular complexity index is 684. The smallest absolute Gasteiger partial charge is 0.305 e. The van der Waals surface area contributed by atoms with Gasteiger partial charge in [-0.3, -0.25) is 9.59 Å². The zero-order valence-corrected chi connectivity index (χ0v) is 13.6. The zero-order valence-electron chi connectivity index (χ0n) is 12.7. The van der Waals surface area contributed by atoms with Gasteiger partial charge >= 0.3 is 5.97 Å². The van der Waals surface area contributed by atoms with Gasteiger partial charge in [-0.15, -0.1) is 11.3 Å². The molecule has 6 nitrogen and oxygen atoms in total. The lowest BCUT2D eigenvalue weighted by Crippen LogP contribution is -2.29. The molecule has 1 amide bonds. The van der Waals surface area contributed by atoms with Crippen molar-refractivity contribution in [1.29, 1.82) is 0 Å². The molecule has 2 rings (SSSR count). The third kappa shape index (κ3) is 4.23. The first kappa shape index (κ1) is 16.8. The van der Waals surface area contributed by atoms with Crippen molar-refractivity contribution < 1.29 is 24.2 Å². The molecular formula is C16H17NO5S. The highest BCUT2D eigenvalue weighted by Gasteiger charge is 2.20. The highest BCUT2D eigenvalue weighted by atomic mass is 32.1. The molecule has 0 aliphatic rings. The molecule has 1 aromatic heterocycles. The van der Waals surface area contributed by atoms with Crippen molar-refractivity contribution in [1.82, 2.24) is 5.32 Å². The lowest BCUT2D eigenvalue weighted by molar-refractivity contribution is -0.137. The number of carboxylic acid groups (broad SMARTS) is 1. The predicted molar refractivity (Wildman–Crippen MR) is 86.3 cm³/mol. The maximum Gasteiger partial charge on any atom is 0.305 e. The molecule has 2 N–H and O–H groups in total. The van der Waals surface area contributed by atoms with Crippen LogP contribution in [0, 0.1) is 0 Å². The Morgan fingerprint density at radius 3 is 2.52 bits per heavy atom. The summed E-state index contributed by atoms with van der Waals surface area (Å²) >= 11 is 1.40. The van der Waals surface area contributed by atoms with Crippen LogP contribution in [-0.4, -0.2) is 31.2 Å². The van der Waals surface area contributed by atoms with Gasteiger partial charge in [-0.1, -0.05) is 6.07 Å². The van der Waals surface area contributed by atoms with E-state index in [0.717, 1.165) is 4.88 Å². The number of aliphatic carboxylic acids is 1. The molecule has 2 aromatic rings. The van der Waals surface area contributed by atoms with Gasteiger partial charge < -0.3 is 19.9 Å². The van der Waals surface area contributed by atoms with E-state index in [4.69, 9.17) is 14.6 Å². The Morgan fingerprint density at radius 2 is 1.96 bits per heavy atom. The maximum atomic E-state index is 12.4. The van der Waals surface area contributed by atoms with E-state index in [2.05, 4.69) is 5.32 Å². The minimum Gasteiger partial charge on any atom is -0.493 e.